The van der Waals surface area contributed by atoms with Crippen LogP contribution in [0.25, 0.3) is 0 Å². The summed E-state index contributed by atoms with van der Waals surface area (Å²) in [6, 6.07) is 12.8. The van der Waals surface area contributed by atoms with Crippen LogP contribution in [0.3, 0.4) is 0 Å². The molecule has 0 saturated carbocycles. The summed E-state index contributed by atoms with van der Waals surface area (Å²) in [5, 5.41) is 0. The lowest BCUT2D eigenvalue weighted by Crippen LogP contribution is -2.46. The Balaban J connectivity index is 1.94. The van der Waals surface area contributed by atoms with Crippen LogP contribution in [-0.2, 0) is 13.1 Å². The fraction of sp³-hybridized carbons (Fsp3) is 0.333. The second-order valence-electron chi connectivity index (χ2n) is 6.35. The molecule has 22 heavy (non-hydrogen) atoms. The molecular weight excluding hydrogens is 279 g/mol. The first-order chi connectivity index (χ1) is 10.5. The lowest BCUT2D eigenvalue weighted by molar-refractivity contribution is 0.104. The molecule has 0 saturated heterocycles. The highest BCUT2D eigenvalue weighted by atomic mass is 19.1. The zero-order valence-corrected chi connectivity index (χ0v) is 13.0. The molecule has 0 spiro atoms. The third kappa shape index (κ3) is 3.07. The van der Waals surface area contributed by atoms with Crippen LogP contribution in [0.2, 0.25) is 0 Å². The maximum absolute atomic E-state index is 13.4. The first-order valence-electron chi connectivity index (χ1n) is 7.48. The lowest BCUT2D eigenvalue weighted by Gasteiger charge is -2.41. The SMILES string of the molecule is CC1(C)CN(Cc2cccc(F)c2)c2ccc(CN)cc2O1. The lowest BCUT2D eigenvalue weighted by atomic mass is 10.0. The summed E-state index contributed by atoms with van der Waals surface area (Å²) < 4.78 is 19.5. The summed E-state index contributed by atoms with van der Waals surface area (Å²) in [6.45, 7) is 6.01. The monoisotopic (exact) mass is 300 g/mol. The summed E-state index contributed by atoms with van der Waals surface area (Å²) in [5.41, 5.74) is 8.44. The highest BCUT2D eigenvalue weighted by Crippen LogP contribution is 2.38. The van der Waals surface area contributed by atoms with E-state index in [-0.39, 0.29) is 11.4 Å². The second kappa shape index (κ2) is 5.61. The molecular formula is C18H21FN2O. The van der Waals surface area contributed by atoms with E-state index in [2.05, 4.69) is 18.7 Å². The van der Waals surface area contributed by atoms with Crippen LogP contribution in [0.1, 0.15) is 25.0 Å². The van der Waals surface area contributed by atoms with Crippen LogP contribution >= 0.6 is 0 Å². The Kier molecular flexibility index (Phi) is 3.79. The molecule has 0 fully saturated rings. The van der Waals surface area contributed by atoms with Gasteiger partial charge in [-0.3, -0.25) is 0 Å². The largest absolute Gasteiger partial charge is 0.484 e. The van der Waals surface area contributed by atoms with Crippen LogP contribution in [-0.4, -0.2) is 12.1 Å². The van der Waals surface area contributed by atoms with Gasteiger partial charge in [0, 0.05) is 13.1 Å². The van der Waals surface area contributed by atoms with E-state index in [9.17, 15) is 4.39 Å². The molecule has 0 atom stereocenters. The normalized spacial score (nSPS) is 16.1. The molecule has 4 heteroatoms. The predicted molar refractivity (Wildman–Crippen MR) is 86.5 cm³/mol. The number of hydrogen-bond donors (Lipinski definition) is 1. The van der Waals surface area contributed by atoms with Gasteiger partial charge in [0.25, 0.3) is 0 Å². The van der Waals surface area contributed by atoms with Gasteiger partial charge in [0.1, 0.15) is 17.2 Å². The third-order valence-corrected chi connectivity index (χ3v) is 3.82. The molecule has 1 heterocycles. The molecule has 3 rings (SSSR count). The molecule has 0 amide bonds. The number of rotatable bonds is 3. The maximum Gasteiger partial charge on any atom is 0.143 e. The average molecular weight is 300 g/mol. The van der Waals surface area contributed by atoms with Crippen molar-refractivity contribution in [3.05, 3.63) is 59.4 Å². The van der Waals surface area contributed by atoms with Crippen LogP contribution in [0.5, 0.6) is 5.75 Å². The van der Waals surface area contributed by atoms with E-state index in [0.29, 0.717) is 13.1 Å². The molecule has 1 aliphatic heterocycles. The van der Waals surface area contributed by atoms with Crippen molar-refractivity contribution in [2.24, 2.45) is 5.73 Å². The van der Waals surface area contributed by atoms with Crippen molar-refractivity contribution < 1.29 is 9.13 Å². The number of anilines is 1. The molecule has 0 unspecified atom stereocenters. The Morgan fingerprint density at radius 3 is 2.73 bits per heavy atom. The van der Waals surface area contributed by atoms with Gasteiger partial charge in [-0.15, -0.1) is 0 Å². The van der Waals surface area contributed by atoms with Crippen molar-refractivity contribution in [1.29, 1.82) is 0 Å². The molecule has 0 bridgehead atoms. The van der Waals surface area contributed by atoms with Gasteiger partial charge in [-0.05, 0) is 49.2 Å². The molecule has 0 aliphatic carbocycles. The number of fused-ring (bicyclic) bond motifs is 1. The fourth-order valence-electron chi connectivity index (χ4n) is 2.90. The standard InChI is InChI=1S/C18H21FN2O/c1-18(2)12-21(11-14-4-3-5-15(19)8-14)16-7-6-13(10-20)9-17(16)22-18/h3-9H,10-12,20H2,1-2H3. The van der Waals surface area contributed by atoms with Crippen molar-refractivity contribution in [2.45, 2.75) is 32.5 Å². The zero-order chi connectivity index (χ0) is 15.7. The minimum atomic E-state index is -0.298. The summed E-state index contributed by atoms with van der Waals surface area (Å²) in [5.74, 6) is 0.638. The summed E-state index contributed by atoms with van der Waals surface area (Å²) >= 11 is 0. The molecule has 0 radical (unpaired) electrons. The van der Waals surface area contributed by atoms with Crippen LogP contribution < -0.4 is 15.4 Å². The van der Waals surface area contributed by atoms with Crippen molar-refractivity contribution in [3.8, 4) is 5.75 Å². The number of benzene rings is 2. The Bertz CT molecular complexity index is 685. The van der Waals surface area contributed by atoms with E-state index in [1.54, 1.807) is 12.1 Å². The van der Waals surface area contributed by atoms with Gasteiger partial charge in [-0.1, -0.05) is 18.2 Å². The molecule has 2 aromatic carbocycles. The first-order valence-corrected chi connectivity index (χ1v) is 7.48. The molecule has 1 aliphatic rings. The zero-order valence-electron chi connectivity index (χ0n) is 13.0. The summed E-state index contributed by atoms with van der Waals surface area (Å²) in [7, 11) is 0. The van der Waals surface area contributed by atoms with E-state index in [0.717, 1.165) is 29.1 Å². The Hall–Kier alpha value is -2.07. The van der Waals surface area contributed by atoms with Gasteiger partial charge in [0.15, 0.2) is 0 Å². The van der Waals surface area contributed by atoms with E-state index < -0.39 is 0 Å². The molecule has 2 N–H and O–H groups in total. The van der Waals surface area contributed by atoms with Gasteiger partial charge in [-0.25, -0.2) is 4.39 Å². The molecule has 0 aromatic heterocycles. The van der Waals surface area contributed by atoms with Gasteiger partial charge in [0.05, 0.1) is 12.2 Å². The highest BCUT2D eigenvalue weighted by molar-refractivity contribution is 5.62. The predicted octanol–water partition coefficient (Wildman–Crippen LogP) is 3.46. The molecule has 116 valence electrons. The van der Waals surface area contributed by atoms with Gasteiger partial charge in [-0.2, -0.15) is 0 Å². The number of nitrogens with zero attached hydrogens (tertiary/aromatic N) is 1. The Morgan fingerprint density at radius 1 is 1.18 bits per heavy atom. The minimum Gasteiger partial charge on any atom is -0.484 e. The number of nitrogens with two attached hydrogens (primary N) is 1. The fourth-order valence-corrected chi connectivity index (χ4v) is 2.90. The second-order valence-corrected chi connectivity index (χ2v) is 6.35. The van der Waals surface area contributed by atoms with E-state index >= 15 is 0 Å². The quantitative estimate of drug-likeness (QED) is 0.943. The van der Waals surface area contributed by atoms with Gasteiger partial charge in [0.2, 0.25) is 0 Å². The van der Waals surface area contributed by atoms with Crippen molar-refractivity contribution >= 4 is 5.69 Å². The maximum atomic E-state index is 13.4. The van der Waals surface area contributed by atoms with Crippen LogP contribution in [0, 0.1) is 5.82 Å². The third-order valence-electron chi connectivity index (χ3n) is 3.82. The minimum absolute atomic E-state index is 0.205. The smallest absolute Gasteiger partial charge is 0.143 e. The number of ether oxygens (including phenoxy) is 1. The molecule has 3 nitrogen and oxygen atoms in total. The van der Waals surface area contributed by atoms with Crippen LogP contribution in [0.4, 0.5) is 10.1 Å². The van der Waals surface area contributed by atoms with Crippen molar-refractivity contribution in [3.63, 3.8) is 0 Å². The highest BCUT2D eigenvalue weighted by Gasteiger charge is 2.31. The number of halogens is 1. The summed E-state index contributed by atoms with van der Waals surface area (Å²) in [6.07, 6.45) is 0. The first kappa shape index (κ1) is 14.9. The average Bonchev–Trinajstić information content (AvgIpc) is 2.45. The Morgan fingerprint density at radius 2 is 2.00 bits per heavy atom. The van der Waals surface area contributed by atoms with Gasteiger partial charge >= 0.3 is 0 Å². The number of hydrogen-bond acceptors (Lipinski definition) is 3. The van der Waals surface area contributed by atoms with E-state index in [1.165, 1.54) is 6.07 Å². The van der Waals surface area contributed by atoms with Gasteiger partial charge < -0.3 is 15.4 Å². The Labute approximate surface area is 130 Å². The summed E-state index contributed by atoms with van der Waals surface area (Å²) in [4.78, 5) is 2.23. The van der Waals surface area contributed by atoms with E-state index in [4.69, 9.17) is 10.5 Å². The van der Waals surface area contributed by atoms with Crippen molar-refractivity contribution in [2.75, 3.05) is 11.4 Å². The molecule has 2 aromatic rings. The topological polar surface area (TPSA) is 38.5 Å². The van der Waals surface area contributed by atoms with Crippen molar-refractivity contribution in [1.82, 2.24) is 0 Å². The van der Waals surface area contributed by atoms with Crippen LogP contribution in [0.15, 0.2) is 42.5 Å². The van der Waals surface area contributed by atoms with E-state index in [1.807, 2.05) is 24.3 Å².